The molecule has 0 aliphatic carbocycles. The molecule has 1 amide bonds. The van der Waals surface area contributed by atoms with Gasteiger partial charge in [0.15, 0.2) is 0 Å². The Morgan fingerprint density at radius 2 is 2.44 bits per heavy atom. The third-order valence-electron chi connectivity index (χ3n) is 3.62. The van der Waals surface area contributed by atoms with Crippen molar-refractivity contribution >= 4 is 5.91 Å². The second-order valence-corrected chi connectivity index (χ2v) is 5.57. The molecule has 1 atom stereocenters. The quantitative estimate of drug-likeness (QED) is 0.830. The van der Waals surface area contributed by atoms with Gasteiger partial charge in [0.1, 0.15) is 0 Å². The molecule has 18 heavy (non-hydrogen) atoms. The molecule has 1 aliphatic rings. The van der Waals surface area contributed by atoms with Crippen molar-refractivity contribution < 1.29 is 4.79 Å². The van der Waals surface area contributed by atoms with Gasteiger partial charge in [-0.2, -0.15) is 0 Å². The van der Waals surface area contributed by atoms with Gasteiger partial charge < -0.3 is 15.2 Å². The topological polar surface area (TPSA) is 59.0 Å². The van der Waals surface area contributed by atoms with Gasteiger partial charge in [-0.05, 0) is 24.8 Å². The van der Waals surface area contributed by atoms with Crippen LogP contribution in [0.4, 0.5) is 0 Å². The molecule has 0 aromatic carbocycles. The van der Waals surface area contributed by atoms with Crippen molar-refractivity contribution in [3.05, 3.63) is 18.7 Å². The Kier molecular flexibility index (Phi) is 4.01. The van der Waals surface area contributed by atoms with Crippen LogP contribution in [-0.4, -0.2) is 34.6 Å². The van der Waals surface area contributed by atoms with E-state index in [9.17, 15) is 4.79 Å². The number of nitrogens with one attached hydrogen (secondary N) is 2. The average Bonchev–Trinajstić information content (AvgIpc) is 2.81. The summed E-state index contributed by atoms with van der Waals surface area (Å²) in [7, 11) is 0. The van der Waals surface area contributed by atoms with Gasteiger partial charge in [-0.1, -0.05) is 13.8 Å². The summed E-state index contributed by atoms with van der Waals surface area (Å²) in [5.74, 6) is 0.111. The third-order valence-corrected chi connectivity index (χ3v) is 3.62. The van der Waals surface area contributed by atoms with Crippen molar-refractivity contribution in [1.29, 1.82) is 0 Å². The summed E-state index contributed by atoms with van der Waals surface area (Å²) in [6.45, 7) is 6.64. The first-order valence-corrected chi connectivity index (χ1v) is 6.56. The summed E-state index contributed by atoms with van der Waals surface area (Å²) in [5.41, 5.74) is 0.0390. The van der Waals surface area contributed by atoms with Crippen molar-refractivity contribution in [1.82, 2.24) is 20.2 Å². The minimum absolute atomic E-state index is 0.0390. The Bertz CT molecular complexity index is 386. The number of nitrogens with zero attached hydrogens (tertiary/aromatic N) is 2. The van der Waals surface area contributed by atoms with Crippen LogP contribution in [0.5, 0.6) is 0 Å². The van der Waals surface area contributed by atoms with Crippen LogP contribution in [0.15, 0.2) is 18.7 Å². The molecular formula is C13H22N4O. The molecular weight excluding hydrogens is 228 g/mol. The number of amides is 1. The number of hydrogen-bond acceptors (Lipinski definition) is 3. The molecule has 1 aromatic rings. The first kappa shape index (κ1) is 13.1. The highest BCUT2D eigenvalue weighted by atomic mass is 16.2. The number of carbonyl (C=O) groups excluding carboxylic acids is 1. The third kappa shape index (κ3) is 3.10. The molecule has 0 saturated carbocycles. The predicted molar refractivity (Wildman–Crippen MR) is 70.0 cm³/mol. The zero-order valence-electron chi connectivity index (χ0n) is 11.1. The molecule has 1 fully saturated rings. The monoisotopic (exact) mass is 250 g/mol. The Hall–Kier alpha value is -1.36. The van der Waals surface area contributed by atoms with E-state index in [0.717, 1.165) is 25.9 Å². The van der Waals surface area contributed by atoms with Gasteiger partial charge in [0.05, 0.1) is 12.4 Å². The van der Waals surface area contributed by atoms with Crippen LogP contribution in [0, 0.1) is 5.41 Å². The lowest BCUT2D eigenvalue weighted by molar-refractivity contribution is -0.126. The van der Waals surface area contributed by atoms with Crippen molar-refractivity contribution in [2.24, 2.45) is 5.41 Å². The van der Waals surface area contributed by atoms with E-state index < -0.39 is 0 Å². The van der Waals surface area contributed by atoms with E-state index in [0.29, 0.717) is 6.54 Å². The van der Waals surface area contributed by atoms with E-state index in [1.165, 1.54) is 0 Å². The van der Waals surface area contributed by atoms with E-state index in [2.05, 4.69) is 29.5 Å². The zero-order valence-corrected chi connectivity index (χ0v) is 11.1. The average molecular weight is 250 g/mol. The lowest BCUT2D eigenvalue weighted by atomic mass is 9.77. The number of piperidine rings is 1. The molecule has 0 spiro atoms. The smallest absolute Gasteiger partial charge is 0.237 e. The Morgan fingerprint density at radius 1 is 1.61 bits per heavy atom. The predicted octanol–water partition coefficient (Wildman–Crippen LogP) is 0.777. The minimum atomic E-state index is -0.0750. The number of aromatic nitrogens is 2. The highest BCUT2D eigenvalue weighted by Crippen LogP contribution is 2.29. The second kappa shape index (κ2) is 5.52. The molecule has 2 N–H and O–H groups in total. The fraction of sp³-hybridized carbons (Fsp3) is 0.692. The highest BCUT2D eigenvalue weighted by Gasteiger charge is 2.36. The highest BCUT2D eigenvalue weighted by molar-refractivity contribution is 5.82. The fourth-order valence-corrected chi connectivity index (χ4v) is 2.49. The van der Waals surface area contributed by atoms with E-state index in [-0.39, 0.29) is 17.4 Å². The zero-order chi connectivity index (χ0) is 13.0. The summed E-state index contributed by atoms with van der Waals surface area (Å²) >= 11 is 0. The van der Waals surface area contributed by atoms with Gasteiger partial charge >= 0.3 is 0 Å². The SMILES string of the molecule is CC1(C)CCCNC1C(=O)NCCn1ccnc1. The summed E-state index contributed by atoms with van der Waals surface area (Å²) in [4.78, 5) is 16.1. The Balaban J connectivity index is 1.80. The van der Waals surface area contributed by atoms with Crippen molar-refractivity contribution in [3.63, 3.8) is 0 Å². The maximum Gasteiger partial charge on any atom is 0.237 e. The van der Waals surface area contributed by atoms with Crippen LogP contribution in [-0.2, 0) is 11.3 Å². The van der Waals surface area contributed by atoms with E-state index >= 15 is 0 Å². The van der Waals surface area contributed by atoms with Gasteiger partial charge in [0, 0.05) is 25.5 Å². The molecule has 1 aliphatic heterocycles. The number of rotatable bonds is 4. The van der Waals surface area contributed by atoms with Crippen molar-refractivity contribution in [2.75, 3.05) is 13.1 Å². The van der Waals surface area contributed by atoms with Crippen LogP contribution in [0.3, 0.4) is 0 Å². The molecule has 100 valence electrons. The van der Waals surface area contributed by atoms with Gasteiger partial charge in [-0.15, -0.1) is 0 Å². The Labute approximate surface area is 108 Å². The van der Waals surface area contributed by atoms with E-state index in [1.54, 1.807) is 12.5 Å². The van der Waals surface area contributed by atoms with Crippen molar-refractivity contribution in [3.8, 4) is 0 Å². The van der Waals surface area contributed by atoms with E-state index in [4.69, 9.17) is 0 Å². The van der Waals surface area contributed by atoms with Crippen LogP contribution < -0.4 is 10.6 Å². The minimum Gasteiger partial charge on any atom is -0.353 e. The second-order valence-electron chi connectivity index (χ2n) is 5.57. The molecule has 5 heteroatoms. The van der Waals surface area contributed by atoms with Gasteiger partial charge in [0.2, 0.25) is 5.91 Å². The first-order chi connectivity index (χ1) is 8.59. The van der Waals surface area contributed by atoms with Crippen LogP contribution in [0.2, 0.25) is 0 Å². The molecule has 0 bridgehead atoms. The summed E-state index contributed by atoms with van der Waals surface area (Å²) < 4.78 is 1.96. The Morgan fingerprint density at radius 3 is 3.11 bits per heavy atom. The normalized spacial score (nSPS) is 22.7. The first-order valence-electron chi connectivity index (χ1n) is 6.56. The van der Waals surface area contributed by atoms with Gasteiger partial charge in [-0.25, -0.2) is 4.98 Å². The van der Waals surface area contributed by atoms with Gasteiger partial charge in [-0.3, -0.25) is 4.79 Å². The maximum absolute atomic E-state index is 12.1. The van der Waals surface area contributed by atoms with Crippen LogP contribution in [0.1, 0.15) is 26.7 Å². The molecule has 1 saturated heterocycles. The molecule has 0 radical (unpaired) electrons. The summed E-state index contributed by atoms with van der Waals surface area (Å²) in [6.07, 6.45) is 7.64. The van der Waals surface area contributed by atoms with Crippen molar-refractivity contribution in [2.45, 2.75) is 39.3 Å². The lowest BCUT2D eigenvalue weighted by Gasteiger charge is -2.38. The van der Waals surface area contributed by atoms with Crippen LogP contribution in [0.25, 0.3) is 0 Å². The summed E-state index contributed by atoms with van der Waals surface area (Å²) in [6, 6.07) is -0.0750. The van der Waals surface area contributed by atoms with Crippen LogP contribution >= 0.6 is 0 Å². The number of imidazole rings is 1. The standard InChI is InChI=1S/C13H22N4O/c1-13(2)4-3-5-15-11(13)12(18)16-7-9-17-8-6-14-10-17/h6,8,10-11,15H,3-5,7,9H2,1-2H3,(H,16,18). The van der Waals surface area contributed by atoms with Gasteiger partial charge in [0.25, 0.3) is 0 Å². The van der Waals surface area contributed by atoms with E-state index in [1.807, 2.05) is 10.8 Å². The number of carbonyl (C=O) groups is 1. The molecule has 1 aromatic heterocycles. The lowest BCUT2D eigenvalue weighted by Crippen LogP contribution is -2.55. The number of hydrogen-bond donors (Lipinski definition) is 2. The fourth-order valence-electron chi connectivity index (χ4n) is 2.49. The maximum atomic E-state index is 12.1. The largest absolute Gasteiger partial charge is 0.353 e. The molecule has 5 nitrogen and oxygen atoms in total. The summed E-state index contributed by atoms with van der Waals surface area (Å²) in [5, 5.41) is 6.32. The molecule has 1 unspecified atom stereocenters. The molecule has 2 rings (SSSR count). The molecule has 2 heterocycles.